The molecule has 0 atom stereocenters. The van der Waals surface area contributed by atoms with E-state index in [1.807, 2.05) is 30.3 Å². The molecule has 4 rings (SSSR count). The lowest BCUT2D eigenvalue weighted by molar-refractivity contribution is -0.117. The summed E-state index contributed by atoms with van der Waals surface area (Å²) in [5.41, 5.74) is 1.36. The molecule has 9 nitrogen and oxygen atoms in total. The fourth-order valence-electron chi connectivity index (χ4n) is 3.27. The normalized spacial score (nSPS) is 11.0. The molecule has 10 heteroatoms. The van der Waals surface area contributed by atoms with Gasteiger partial charge in [-0.05, 0) is 12.1 Å². The van der Waals surface area contributed by atoms with Crippen LogP contribution in [0.5, 0.6) is 5.75 Å². The summed E-state index contributed by atoms with van der Waals surface area (Å²) >= 11 is 0. The highest BCUT2D eigenvalue weighted by molar-refractivity contribution is 5.90. The Morgan fingerprint density at radius 1 is 1.12 bits per heavy atom. The van der Waals surface area contributed by atoms with Gasteiger partial charge >= 0.3 is 5.69 Å². The first-order valence-corrected chi connectivity index (χ1v) is 9.67. The minimum absolute atomic E-state index is 0.0624. The van der Waals surface area contributed by atoms with Gasteiger partial charge in [-0.15, -0.1) is 5.10 Å². The smallest absolute Gasteiger partial charge is 0.352 e. The Morgan fingerprint density at radius 2 is 1.91 bits per heavy atom. The zero-order valence-corrected chi connectivity index (χ0v) is 17.4. The number of fused-ring (bicyclic) bond motifs is 1. The van der Waals surface area contributed by atoms with E-state index in [-0.39, 0.29) is 24.6 Å². The van der Waals surface area contributed by atoms with Crippen molar-refractivity contribution in [2.24, 2.45) is 0 Å². The fourth-order valence-corrected chi connectivity index (χ4v) is 3.27. The maximum absolute atomic E-state index is 13.9. The summed E-state index contributed by atoms with van der Waals surface area (Å²) in [6.45, 7) is -0.122. The van der Waals surface area contributed by atoms with Crippen LogP contribution in [0.4, 0.5) is 10.1 Å². The van der Waals surface area contributed by atoms with Gasteiger partial charge < -0.3 is 14.8 Å². The van der Waals surface area contributed by atoms with Gasteiger partial charge in [-0.2, -0.15) is 0 Å². The summed E-state index contributed by atoms with van der Waals surface area (Å²) < 4.78 is 26.3. The lowest BCUT2D eigenvalue weighted by atomic mass is 10.2. The van der Waals surface area contributed by atoms with E-state index >= 15 is 0 Å². The van der Waals surface area contributed by atoms with Crippen LogP contribution in [0.3, 0.4) is 0 Å². The van der Waals surface area contributed by atoms with Crippen molar-refractivity contribution in [1.82, 2.24) is 19.2 Å². The molecule has 0 saturated heterocycles. The van der Waals surface area contributed by atoms with Gasteiger partial charge in [0.15, 0.2) is 17.2 Å². The molecule has 0 aliphatic carbocycles. The van der Waals surface area contributed by atoms with E-state index in [1.54, 1.807) is 13.2 Å². The summed E-state index contributed by atoms with van der Waals surface area (Å²) in [4.78, 5) is 30.1. The molecule has 1 amide bonds. The minimum atomic E-state index is -0.612. The molecule has 2 aromatic carbocycles. The van der Waals surface area contributed by atoms with Crippen LogP contribution in [0.1, 0.15) is 5.69 Å². The second-order valence-electron chi connectivity index (χ2n) is 6.90. The number of rotatable bonds is 7. The maximum Gasteiger partial charge on any atom is 0.352 e. The van der Waals surface area contributed by atoms with Crippen molar-refractivity contribution >= 4 is 17.2 Å². The van der Waals surface area contributed by atoms with Crippen molar-refractivity contribution < 1.29 is 18.7 Å². The zero-order chi connectivity index (χ0) is 22.7. The SMILES string of the molecule is COCc1cc2nn(CC(=O)Nc3ccc(OC)c(F)c3)c(=O)n2c(-c2ccccc2)n1. The van der Waals surface area contributed by atoms with Gasteiger partial charge in [0.2, 0.25) is 5.91 Å². The second kappa shape index (κ2) is 8.98. The van der Waals surface area contributed by atoms with E-state index in [0.717, 1.165) is 16.3 Å². The molecule has 2 heterocycles. The number of carbonyl (C=O) groups excluding carboxylic acids is 1. The van der Waals surface area contributed by atoms with Gasteiger partial charge in [-0.25, -0.2) is 23.3 Å². The number of amides is 1. The number of ether oxygens (including phenoxy) is 2. The fraction of sp³-hybridized carbons (Fsp3) is 0.182. The third kappa shape index (κ3) is 4.21. The molecule has 0 fully saturated rings. The molecule has 4 aromatic rings. The van der Waals surface area contributed by atoms with Crippen molar-refractivity contribution in [3.8, 4) is 17.1 Å². The van der Waals surface area contributed by atoms with Crippen LogP contribution >= 0.6 is 0 Å². The molecule has 2 aromatic heterocycles. The lowest BCUT2D eigenvalue weighted by Crippen LogP contribution is -2.28. The molecule has 0 aliphatic heterocycles. The van der Waals surface area contributed by atoms with Crippen molar-refractivity contribution in [1.29, 1.82) is 0 Å². The molecule has 0 aliphatic rings. The molecule has 32 heavy (non-hydrogen) atoms. The molecule has 0 unspecified atom stereocenters. The predicted octanol–water partition coefficient (Wildman–Crippen LogP) is 2.49. The van der Waals surface area contributed by atoms with Crippen LogP contribution < -0.4 is 15.7 Å². The first kappa shape index (κ1) is 21.2. The quantitative estimate of drug-likeness (QED) is 0.477. The van der Waals surface area contributed by atoms with Gasteiger partial charge in [0, 0.05) is 30.5 Å². The Bertz CT molecular complexity index is 1330. The number of aromatic nitrogens is 4. The highest BCUT2D eigenvalue weighted by Gasteiger charge is 2.17. The summed E-state index contributed by atoms with van der Waals surface area (Å²) in [6, 6.07) is 14.9. The average Bonchev–Trinajstić information content (AvgIpc) is 3.09. The van der Waals surface area contributed by atoms with Crippen LogP contribution in [0.25, 0.3) is 17.0 Å². The first-order valence-electron chi connectivity index (χ1n) is 9.67. The summed E-state index contributed by atoms with van der Waals surface area (Å²) in [5, 5.41) is 6.84. The third-order valence-corrected chi connectivity index (χ3v) is 4.67. The van der Waals surface area contributed by atoms with E-state index < -0.39 is 17.4 Å². The highest BCUT2D eigenvalue weighted by atomic mass is 19.1. The second-order valence-corrected chi connectivity index (χ2v) is 6.90. The number of methoxy groups -OCH3 is 2. The highest BCUT2D eigenvalue weighted by Crippen LogP contribution is 2.21. The van der Waals surface area contributed by atoms with E-state index in [9.17, 15) is 14.0 Å². The van der Waals surface area contributed by atoms with Crippen molar-refractivity contribution in [3.05, 3.63) is 76.6 Å². The van der Waals surface area contributed by atoms with E-state index in [0.29, 0.717) is 17.2 Å². The molecule has 1 N–H and O–H groups in total. The number of carbonyl (C=O) groups is 1. The van der Waals surface area contributed by atoms with E-state index in [1.165, 1.54) is 23.6 Å². The molecule has 164 valence electrons. The Labute approximate surface area is 182 Å². The topological polar surface area (TPSA) is 99.8 Å². The lowest BCUT2D eigenvalue weighted by Gasteiger charge is -2.07. The summed E-state index contributed by atoms with van der Waals surface area (Å²) in [6.07, 6.45) is 0. The van der Waals surface area contributed by atoms with Crippen LogP contribution in [-0.2, 0) is 22.7 Å². The molecule has 0 radical (unpaired) electrons. The van der Waals surface area contributed by atoms with Crippen LogP contribution in [0.2, 0.25) is 0 Å². The average molecular weight is 437 g/mol. The Balaban J connectivity index is 1.68. The Hall–Kier alpha value is -4.05. The van der Waals surface area contributed by atoms with Gasteiger partial charge in [0.1, 0.15) is 12.4 Å². The number of anilines is 1. The van der Waals surface area contributed by atoms with Crippen molar-refractivity contribution in [2.45, 2.75) is 13.2 Å². The van der Waals surface area contributed by atoms with Crippen LogP contribution in [0.15, 0.2) is 59.4 Å². The molecular formula is C22H20FN5O4. The first-order chi connectivity index (χ1) is 15.5. The third-order valence-electron chi connectivity index (χ3n) is 4.67. The predicted molar refractivity (Wildman–Crippen MR) is 115 cm³/mol. The monoisotopic (exact) mass is 437 g/mol. The Kier molecular flexibility index (Phi) is 5.95. The Morgan fingerprint density at radius 3 is 2.59 bits per heavy atom. The van der Waals surface area contributed by atoms with Gasteiger partial charge in [-0.1, -0.05) is 30.3 Å². The van der Waals surface area contributed by atoms with Crippen molar-refractivity contribution in [2.75, 3.05) is 19.5 Å². The summed E-state index contributed by atoms with van der Waals surface area (Å²) in [7, 11) is 2.90. The number of benzene rings is 2. The minimum Gasteiger partial charge on any atom is -0.494 e. The molecule has 0 bridgehead atoms. The standard InChI is InChI=1S/C22H20FN5O4/c1-31-13-16-11-19-26-27(12-20(29)24-15-8-9-18(32-2)17(23)10-15)22(30)28(19)21(25-16)14-6-4-3-5-7-14/h3-11H,12-13H2,1-2H3,(H,24,29). The molecular weight excluding hydrogens is 417 g/mol. The number of nitrogens with one attached hydrogen (secondary N) is 1. The van der Waals surface area contributed by atoms with Crippen LogP contribution in [0, 0.1) is 5.82 Å². The van der Waals surface area contributed by atoms with Gasteiger partial charge in [0.25, 0.3) is 0 Å². The van der Waals surface area contributed by atoms with E-state index in [4.69, 9.17) is 9.47 Å². The van der Waals surface area contributed by atoms with Crippen LogP contribution in [-0.4, -0.2) is 39.3 Å². The van der Waals surface area contributed by atoms with Crippen molar-refractivity contribution in [3.63, 3.8) is 0 Å². The number of hydrogen-bond donors (Lipinski definition) is 1. The summed E-state index contributed by atoms with van der Waals surface area (Å²) in [5.74, 6) is -0.692. The molecule has 0 spiro atoms. The van der Waals surface area contributed by atoms with Gasteiger partial charge in [0.05, 0.1) is 19.4 Å². The number of nitrogens with zero attached hydrogens (tertiary/aromatic N) is 4. The number of halogens is 1. The number of hydrogen-bond acceptors (Lipinski definition) is 6. The van der Waals surface area contributed by atoms with E-state index in [2.05, 4.69) is 15.4 Å². The zero-order valence-electron chi connectivity index (χ0n) is 17.4. The molecule has 0 saturated carbocycles. The van der Waals surface area contributed by atoms with Gasteiger partial charge in [-0.3, -0.25) is 4.79 Å². The maximum atomic E-state index is 13.9. The largest absolute Gasteiger partial charge is 0.494 e.